The van der Waals surface area contributed by atoms with Gasteiger partial charge >= 0.3 is 12.1 Å². The molecular weight excluding hydrogens is 273 g/mol. The van der Waals surface area contributed by atoms with Gasteiger partial charge in [-0.1, -0.05) is 30.3 Å². The van der Waals surface area contributed by atoms with Gasteiger partial charge in [-0.15, -0.1) is 0 Å². The first kappa shape index (κ1) is 14.1. The molecule has 2 rings (SSSR count). The van der Waals surface area contributed by atoms with Crippen molar-refractivity contribution in [2.75, 3.05) is 6.61 Å². The average molecular weight is 284 g/mol. The van der Waals surface area contributed by atoms with E-state index in [1.165, 1.54) is 17.1 Å². The zero-order chi connectivity index (χ0) is 14.6. The fourth-order valence-corrected chi connectivity index (χ4v) is 1.56. The van der Waals surface area contributed by atoms with Gasteiger partial charge in [-0.05, 0) is 5.56 Å². The molecule has 0 atom stereocenters. The minimum atomic E-state index is -4.53. The number of rotatable bonds is 4. The van der Waals surface area contributed by atoms with E-state index in [0.29, 0.717) is 6.54 Å². The second-order valence-corrected chi connectivity index (χ2v) is 4.10. The molecule has 0 spiro atoms. The van der Waals surface area contributed by atoms with E-state index < -0.39 is 18.8 Å². The van der Waals surface area contributed by atoms with Crippen molar-refractivity contribution in [3.8, 4) is 0 Å². The van der Waals surface area contributed by atoms with Gasteiger partial charge in [-0.25, -0.2) is 4.79 Å². The summed E-state index contributed by atoms with van der Waals surface area (Å²) < 4.78 is 41.4. The first-order valence-electron chi connectivity index (χ1n) is 5.74. The summed E-state index contributed by atoms with van der Waals surface area (Å²) in [5, 5.41) is 3.91. The molecule has 0 fully saturated rings. The Balaban J connectivity index is 1.97. The zero-order valence-corrected chi connectivity index (χ0v) is 10.3. The van der Waals surface area contributed by atoms with E-state index in [-0.39, 0.29) is 5.56 Å². The largest absolute Gasteiger partial charge is 0.452 e. The minimum absolute atomic E-state index is 0.00909. The summed E-state index contributed by atoms with van der Waals surface area (Å²) in [5.41, 5.74) is 0.955. The van der Waals surface area contributed by atoms with Crippen LogP contribution in [0.15, 0.2) is 42.7 Å². The number of carbonyl (C=O) groups is 1. The lowest BCUT2D eigenvalue weighted by Gasteiger charge is -2.06. The third-order valence-corrected chi connectivity index (χ3v) is 2.42. The number of hydrogen-bond donors (Lipinski definition) is 0. The van der Waals surface area contributed by atoms with E-state index in [0.717, 1.165) is 5.56 Å². The Morgan fingerprint density at radius 3 is 2.60 bits per heavy atom. The zero-order valence-electron chi connectivity index (χ0n) is 10.3. The summed E-state index contributed by atoms with van der Waals surface area (Å²) in [5.74, 6) is -1.04. The maximum Gasteiger partial charge on any atom is 0.422 e. The topological polar surface area (TPSA) is 44.1 Å². The van der Waals surface area contributed by atoms with Crippen LogP contribution in [-0.2, 0) is 11.3 Å². The van der Waals surface area contributed by atoms with E-state index in [1.807, 2.05) is 30.3 Å². The summed E-state index contributed by atoms with van der Waals surface area (Å²) in [6, 6.07) is 9.34. The number of hydrogen-bond acceptors (Lipinski definition) is 3. The second-order valence-electron chi connectivity index (χ2n) is 4.10. The van der Waals surface area contributed by atoms with Crippen LogP contribution in [0.5, 0.6) is 0 Å². The van der Waals surface area contributed by atoms with Crippen LogP contribution >= 0.6 is 0 Å². The van der Waals surface area contributed by atoms with Crippen LogP contribution in [0.2, 0.25) is 0 Å². The molecule has 0 amide bonds. The Labute approximate surface area is 112 Å². The van der Waals surface area contributed by atoms with Gasteiger partial charge in [0.2, 0.25) is 0 Å². The first-order valence-corrected chi connectivity index (χ1v) is 5.74. The summed E-state index contributed by atoms with van der Waals surface area (Å²) in [7, 11) is 0. The molecule has 0 bridgehead atoms. The number of aromatic nitrogens is 2. The molecule has 106 valence electrons. The second kappa shape index (κ2) is 5.77. The molecule has 0 saturated heterocycles. The molecule has 0 saturated carbocycles. The predicted molar refractivity (Wildman–Crippen MR) is 64.1 cm³/mol. The molecule has 0 unspecified atom stereocenters. The van der Waals surface area contributed by atoms with Gasteiger partial charge in [0, 0.05) is 6.20 Å². The van der Waals surface area contributed by atoms with Crippen molar-refractivity contribution in [2.24, 2.45) is 0 Å². The molecule has 20 heavy (non-hydrogen) atoms. The Morgan fingerprint density at radius 1 is 1.25 bits per heavy atom. The summed E-state index contributed by atoms with van der Waals surface area (Å²) in [4.78, 5) is 11.4. The highest BCUT2D eigenvalue weighted by atomic mass is 19.4. The molecule has 0 N–H and O–H groups in total. The van der Waals surface area contributed by atoms with E-state index in [4.69, 9.17) is 0 Å². The number of alkyl halides is 3. The van der Waals surface area contributed by atoms with Crippen LogP contribution in [0.25, 0.3) is 0 Å². The molecule has 1 aromatic carbocycles. The van der Waals surface area contributed by atoms with Crippen LogP contribution in [-0.4, -0.2) is 28.5 Å². The standard InChI is InChI=1S/C13H11F3N2O2/c14-13(15,16)9-20-12(19)11-6-17-18(8-11)7-10-4-2-1-3-5-10/h1-6,8H,7,9H2. The molecule has 2 aromatic rings. The number of halogens is 3. The van der Waals surface area contributed by atoms with Gasteiger partial charge in [-0.3, -0.25) is 4.68 Å². The van der Waals surface area contributed by atoms with Gasteiger partial charge in [0.25, 0.3) is 0 Å². The van der Waals surface area contributed by atoms with Crippen molar-refractivity contribution < 1.29 is 22.7 Å². The van der Waals surface area contributed by atoms with Gasteiger partial charge in [0.05, 0.1) is 18.3 Å². The number of esters is 1. The molecule has 0 radical (unpaired) electrons. The van der Waals surface area contributed by atoms with Crippen molar-refractivity contribution in [3.63, 3.8) is 0 Å². The quantitative estimate of drug-likeness (QED) is 0.811. The molecular formula is C13H11F3N2O2. The lowest BCUT2D eigenvalue weighted by molar-refractivity contribution is -0.161. The van der Waals surface area contributed by atoms with Gasteiger partial charge < -0.3 is 4.74 Å². The fraction of sp³-hybridized carbons (Fsp3) is 0.231. The summed E-state index contributed by atoms with van der Waals surface area (Å²) in [6.45, 7) is -1.18. The number of ether oxygens (including phenoxy) is 1. The van der Waals surface area contributed by atoms with Crippen molar-refractivity contribution >= 4 is 5.97 Å². The minimum Gasteiger partial charge on any atom is -0.452 e. The molecule has 1 heterocycles. The highest BCUT2D eigenvalue weighted by Gasteiger charge is 2.30. The first-order chi connectivity index (χ1) is 9.44. The fourth-order valence-electron chi connectivity index (χ4n) is 1.56. The smallest absolute Gasteiger partial charge is 0.422 e. The van der Waals surface area contributed by atoms with Crippen LogP contribution < -0.4 is 0 Å². The van der Waals surface area contributed by atoms with Crippen molar-refractivity contribution in [1.82, 2.24) is 9.78 Å². The Hall–Kier alpha value is -2.31. The summed E-state index contributed by atoms with van der Waals surface area (Å²) in [6.07, 6.45) is -2.00. The summed E-state index contributed by atoms with van der Waals surface area (Å²) >= 11 is 0. The van der Waals surface area contributed by atoms with Gasteiger partial charge in [0.15, 0.2) is 6.61 Å². The van der Waals surface area contributed by atoms with E-state index in [2.05, 4.69) is 9.84 Å². The lowest BCUT2D eigenvalue weighted by atomic mass is 10.2. The number of nitrogens with zero attached hydrogens (tertiary/aromatic N) is 2. The highest BCUT2D eigenvalue weighted by Crippen LogP contribution is 2.15. The molecule has 7 heteroatoms. The number of benzene rings is 1. The number of carbonyl (C=O) groups excluding carboxylic acids is 1. The third-order valence-electron chi connectivity index (χ3n) is 2.42. The maximum atomic E-state index is 11.9. The maximum absolute atomic E-state index is 11.9. The van der Waals surface area contributed by atoms with Crippen LogP contribution in [0.1, 0.15) is 15.9 Å². The SMILES string of the molecule is O=C(OCC(F)(F)F)c1cnn(Cc2ccccc2)c1. The van der Waals surface area contributed by atoms with Crippen LogP contribution in [0.3, 0.4) is 0 Å². The van der Waals surface area contributed by atoms with E-state index >= 15 is 0 Å². The molecule has 1 aromatic heterocycles. The monoisotopic (exact) mass is 284 g/mol. The lowest BCUT2D eigenvalue weighted by Crippen LogP contribution is -2.20. The highest BCUT2D eigenvalue weighted by molar-refractivity contribution is 5.88. The molecule has 0 aliphatic heterocycles. The third kappa shape index (κ3) is 4.11. The Morgan fingerprint density at radius 2 is 1.95 bits per heavy atom. The van der Waals surface area contributed by atoms with Gasteiger partial charge in [-0.2, -0.15) is 18.3 Å². The van der Waals surface area contributed by atoms with Crippen molar-refractivity contribution in [2.45, 2.75) is 12.7 Å². The normalized spacial score (nSPS) is 11.3. The van der Waals surface area contributed by atoms with E-state index in [9.17, 15) is 18.0 Å². The predicted octanol–water partition coefficient (Wildman–Crippen LogP) is 2.65. The van der Waals surface area contributed by atoms with Gasteiger partial charge in [0.1, 0.15) is 0 Å². The van der Waals surface area contributed by atoms with Crippen molar-refractivity contribution in [3.05, 3.63) is 53.9 Å². The van der Waals surface area contributed by atoms with Crippen molar-refractivity contribution in [1.29, 1.82) is 0 Å². The van der Waals surface area contributed by atoms with Crippen LogP contribution in [0, 0.1) is 0 Å². The molecule has 0 aliphatic rings. The molecule has 4 nitrogen and oxygen atoms in total. The Kier molecular flexibility index (Phi) is 4.07. The average Bonchev–Trinajstić information content (AvgIpc) is 2.85. The Bertz CT molecular complexity index is 579. The molecule has 0 aliphatic carbocycles. The van der Waals surface area contributed by atoms with Crippen LogP contribution in [0.4, 0.5) is 13.2 Å². The van der Waals surface area contributed by atoms with E-state index in [1.54, 1.807) is 0 Å².